The molecule has 14 heavy (non-hydrogen) atoms. The quantitative estimate of drug-likeness (QED) is 0.736. The molecule has 80 valence electrons. The SMILES string of the molecule is Cn1nc(C(N)CC(F)(F)F)nc1N. The Morgan fingerprint density at radius 3 is 2.43 bits per heavy atom. The average Bonchev–Trinajstić information content (AvgIpc) is 2.28. The van der Waals surface area contributed by atoms with Crippen LogP contribution < -0.4 is 11.5 Å². The predicted molar refractivity (Wildman–Crippen MR) is 43.0 cm³/mol. The number of anilines is 1. The zero-order chi connectivity index (χ0) is 10.9. The van der Waals surface area contributed by atoms with Crippen LogP contribution in [0.3, 0.4) is 0 Å². The highest BCUT2D eigenvalue weighted by atomic mass is 19.4. The summed E-state index contributed by atoms with van der Waals surface area (Å²) in [4.78, 5) is 3.60. The number of hydrogen-bond acceptors (Lipinski definition) is 4. The third kappa shape index (κ3) is 2.59. The molecule has 0 radical (unpaired) electrons. The summed E-state index contributed by atoms with van der Waals surface area (Å²) in [6.07, 6.45) is -5.48. The van der Waals surface area contributed by atoms with Gasteiger partial charge in [-0.3, -0.25) is 0 Å². The van der Waals surface area contributed by atoms with Crippen molar-refractivity contribution in [2.75, 3.05) is 5.73 Å². The summed E-state index contributed by atoms with van der Waals surface area (Å²) in [6.45, 7) is 0. The second-order valence-electron chi connectivity index (χ2n) is 2.88. The van der Waals surface area contributed by atoms with E-state index in [-0.39, 0.29) is 11.8 Å². The van der Waals surface area contributed by atoms with Crippen LogP contribution in [0.2, 0.25) is 0 Å². The Bertz CT molecular complexity index is 298. The summed E-state index contributed by atoms with van der Waals surface area (Å²) in [5, 5.41) is 3.65. The molecule has 1 aromatic heterocycles. The summed E-state index contributed by atoms with van der Waals surface area (Å²) >= 11 is 0. The largest absolute Gasteiger partial charge is 0.391 e. The molecular weight excluding hydrogens is 199 g/mol. The molecular formula is C6H10F3N5. The van der Waals surface area contributed by atoms with Gasteiger partial charge in [0, 0.05) is 7.05 Å². The van der Waals surface area contributed by atoms with Gasteiger partial charge in [0.1, 0.15) is 0 Å². The number of nitrogen functional groups attached to an aromatic ring is 1. The van der Waals surface area contributed by atoms with E-state index in [9.17, 15) is 13.2 Å². The maximum absolute atomic E-state index is 11.9. The van der Waals surface area contributed by atoms with Crippen molar-refractivity contribution in [2.45, 2.75) is 18.6 Å². The van der Waals surface area contributed by atoms with Crippen LogP contribution >= 0.6 is 0 Å². The van der Waals surface area contributed by atoms with Crippen molar-refractivity contribution in [1.82, 2.24) is 14.8 Å². The van der Waals surface area contributed by atoms with E-state index >= 15 is 0 Å². The number of hydrogen-bond donors (Lipinski definition) is 2. The van der Waals surface area contributed by atoms with E-state index in [0.717, 1.165) is 0 Å². The van der Waals surface area contributed by atoms with Gasteiger partial charge < -0.3 is 11.5 Å². The molecule has 0 aliphatic rings. The molecule has 8 heteroatoms. The monoisotopic (exact) mass is 209 g/mol. The Kier molecular flexibility index (Phi) is 2.65. The minimum Gasteiger partial charge on any atom is -0.368 e. The smallest absolute Gasteiger partial charge is 0.368 e. The van der Waals surface area contributed by atoms with Crippen LogP contribution in [-0.4, -0.2) is 20.9 Å². The van der Waals surface area contributed by atoms with Crippen LogP contribution in [0.25, 0.3) is 0 Å². The molecule has 0 bridgehead atoms. The second kappa shape index (κ2) is 3.45. The van der Waals surface area contributed by atoms with Gasteiger partial charge in [-0.1, -0.05) is 0 Å². The summed E-state index contributed by atoms with van der Waals surface area (Å²) in [7, 11) is 1.48. The highest BCUT2D eigenvalue weighted by Gasteiger charge is 2.32. The Balaban J connectivity index is 2.75. The van der Waals surface area contributed by atoms with E-state index in [1.807, 2.05) is 0 Å². The van der Waals surface area contributed by atoms with E-state index in [1.54, 1.807) is 0 Å². The van der Waals surface area contributed by atoms with Crippen LogP contribution in [-0.2, 0) is 7.05 Å². The maximum Gasteiger partial charge on any atom is 0.391 e. The minimum absolute atomic E-state index is 0.0395. The molecule has 1 aromatic rings. The number of nitrogens with two attached hydrogens (primary N) is 2. The topological polar surface area (TPSA) is 82.8 Å². The lowest BCUT2D eigenvalue weighted by molar-refractivity contribution is -0.138. The van der Waals surface area contributed by atoms with Gasteiger partial charge in [-0.25, -0.2) is 4.68 Å². The molecule has 0 fully saturated rings. The molecule has 1 unspecified atom stereocenters. The highest BCUT2D eigenvalue weighted by Crippen LogP contribution is 2.26. The molecule has 5 nitrogen and oxygen atoms in total. The van der Waals surface area contributed by atoms with E-state index < -0.39 is 18.6 Å². The first-order valence-electron chi connectivity index (χ1n) is 3.78. The molecule has 1 heterocycles. The van der Waals surface area contributed by atoms with Gasteiger partial charge in [0.05, 0.1) is 12.5 Å². The van der Waals surface area contributed by atoms with Gasteiger partial charge >= 0.3 is 6.18 Å². The first-order valence-corrected chi connectivity index (χ1v) is 3.78. The van der Waals surface area contributed by atoms with Crippen molar-refractivity contribution in [3.8, 4) is 0 Å². The van der Waals surface area contributed by atoms with E-state index in [1.165, 1.54) is 11.7 Å². The van der Waals surface area contributed by atoms with Crippen molar-refractivity contribution in [1.29, 1.82) is 0 Å². The molecule has 0 aliphatic heterocycles. The number of aromatic nitrogens is 3. The zero-order valence-corrected chi connectivity index (χ0v) is 7.41. The normalized spacial score (nSPS) is 14.4. The van der Waals surface area contributed by atoms with Gasteiger partial charge in [0.25, 0.3) is 0 Å². The molecule has 0 aliphatic carbocycles. The number of nitrogens with zero attached hydrogens (tertiary/aromatic N) is 3. The van der Waals surface area contributed by atoms with E-state index in [2.05, 4.69) is 10.1 Å². The fraction of sp³-hybridized carbons (Fsp3) is 0.667. The third-order valence-corrected chi connectivity index (χ3v) is 1.60. The summed E-state index contributed by atoms with van der Waals surface area (Å²) in [5.41, 5.74) is 10.5. The number of aryl methyl sites for hydroxylation is 1. The molecule has 1 atom stereocenters. The van der Waals surface area contributed by atoms with E-state index in [0.29, 0.717) is 0 Å². The fourth-order valence-corrected chi connectivity index (χ4v) is 0.915. The van der Waals surface area contributed by atoms with Gasteiger partial charge in [-0.05, 0) is 0 Å². The standard InChI is InChI=1S/C6H10F3N5/c1-14-5(11)12-4(13-14)3(10)2-6(7,8)9/h3H,2,10H2,1H3,(H2,11,12,13). The average molecular weight is 209 g/mol. The van der Waals surface area contributed by atoms with Crippen molar-refractivity contribution in [3.63, 3.8) is 0 Å². The lowest BCUT2D eigenvalue weighted by Gasteiger charge is -2.10. The zero-order valence-electron chi connectivity index (χ0n) is 7.41. The van der Waals surface area contributed by atoms with Crippen LogP contribution in [0.1, 0.15) is 18.3 Å². The van der Waals surface area contributed by atoms with Crippen molar-refractivity contribution < 1.29 is 13.2 Å². The number of alkyl halides is 3. The summed E-state index contributed by atoms with van der Waals surface area (Å²) in [6, 6.07) is -1.27. The molecule has 0 aromatic carbocycles. The molecule has 1 rings (SSSR count). The van der Waals surface area contributed by atoms with Gasteiger partial charge in [0.15, 0.2) is 5.82 Å². The summed E-state index contributed by atoms with van der Waals surface area (Å²) in [5.74, 6) is -0.0556. The predicted octanol–water partition coefficient (Wildman–Crippen LogP) is 0.350. The molecule has 0 saturated carbocycles. The Morgan fingerprint density at radius 2 is 2.07 bits per heavy atom. The fourth-order valence-electron chi connectivity index (χ4n) is 0.915. The van der Waals surface area contributed by atoms with Gasteiger partial charge in [-0.15, -0.1) is 0 Å². The Hall–Kier alpha value is -1.31. The Labute approximate surface area is 77.9 Å². The lowest BCUT2D eigenvalue weighted by Crippen LogP contribution is -2.21. The van der Waals surface area contributed by atoms with Crippen molar-refractivity contribution >= 4 is 5.95 Å². The molecule has 4 N–H and O–H groups in total. The van der Waals surface area contributed by atoms with Crippen LogP contribution in [0.15, 0.2) is 0 Å². The summed E-state index contributed by atoms with van der Waals surface area (Å²) < 4.78 is 36.9. The molecule has 0 saturated heterocycles. The molecule has 0 amide bonds. The maximum atomic E-state index is 11.9. The van der Waals surface area contributed by atoms with E-state index in [4.69, 9.17) is 11.5 Å². The minimum atomic E-state index is -4.33. The van der Waals surface area contributed by atoms with Crippen LogP contribution in [0.4, 0.5) is 19.1 Å². The second-order valence-corrected chi connectivity index (χ2v) is 2.88. The first-order chi connectivity index (χ1) is 6.29. The lowest BCUT2D eigenvalue weighted by atomic mass is 10.2. The number of rotatable bonds is 2. The van der Waals surface area contributed by atoms with Crippen LogP contribution in [0.5, 0.6) is 0 Å². The van der Waals surface area contributed by atoms with Gasteiger partial charge in [-0.2, -0.15) is 23.3 Å². The highest BCUT2D eigenvalue weighted by molar-refractivity contribution is 5.16. The Morgan fingerprint density at radius 1 is 1.50 bits per heavy atom. The van der Waals surface area contributed by atoms with Crippen LogP contribution in [0, 0.1) is 0 Å². The van der Waals surface area contributed by atoms with Crippen molar-refractivity contribution in [3.05, 3.63) is 5.82 Å². The third-order valence-electron chi connectivity index (χ3n) is 1.60. The van der Waals surface area contributed by atoms with Gasteiger partial charge in [0.2, 0.25) is 5.95 Å². The number of halogens is 3. The molecule has 0 spiro atoms. The first kappa shape index (κ1) is 10.8. The van der Waals surface area contributed by atoms with Crippen molar-refractivity contribution in [2.24, 2.45) is 12.8 Å².